The van der Waals surface area contributed by atoms with E-state index in [0.717, 1.165) is 41.5 Å². The van der Waals surface area contributed by atoms with Gasteiger partial charge in [0.05, 0.1) is 4.91 Å². The van der Waals surface area contributed by atoms with Crippen LogP contribution in [0.4, 0.5) is 4.79 Å². The third kappa shape index (κ3) is 5.50. The van der Waals surface area contributed by atoms with Gasteiger partial charge < -0.3 is 10.0 Å². The van der Waals surface area contributed by atoms with Gasteiger partial charge in [-0.2, -0.15) is 0 Å². The molecular formula is C21H23ClN2O4S. The zero-order chi connectivity index (χ0) is 20.8. The second-order valence-electron chi connectivity index (χ2n) is 6.96. The number of amides is 3. The number of allylic oxidation sites excluding steroid dienone is 2. The molecule has 154 valence electrons. The molecular weight excluding hydrogens is 412 g/mol. The Morgan fingerprint density at radius 3 is 2.72 bits per heavy atom. The smallest absolute Gasteiger partial charge is 0.294 e. The molecule has 0 spiro atoms. The van der Waals surface area contributed by atoms with Crippen LogP contribution >= 0.6 is 23.4 Å². The van der Waals surface area contributed by atoms with Crippen molar-refractivity contribution in [3.63, 3.8) is 0 Å². The maximum Gasteiger partial charge on any atom is 0.294 e. The monoisotopic (exact) mass is 434 g/mol. The Kier molecular flexibility index (Phi) is 7.52. The number of imide groups is 1. The lowest BCUT2D eigenvalue weighted by molar-refractivity contribution is -0.139. The predicted octanol–water partition coefficient (Wildman–Crippen LogP) is 3.61. The SMILES string of the molecule is O=C1S/C(=C\C(Cl)=C\c2ccccc2)C(=O)N1CC(=O)N1CCCCC1CCO. The highest BCUT2D eigenvalue weighted by molar-refractivity contribution is 8.18. The zero-order valence-corrected chi connectivity index (χ0v) is 17.5. The molecule has 0 bridgehead atoms. The third-order valence-electron chi connectivity index (χ3n) is 4.95. The molecule has 2 saturated heterocycles. The summed E-state index contributed by atoms with van der Waals surface area (Å²) in [6.07, 6.45) is 6.38. The summed E-state index contributed by atoms with van der Waals surface area (Å²) in [6, 6.07) is 9.35. The first kappa shape index (κ1) is 21.6. The Labute approximate surface area is 179 Å². The maximum atomic E-state index is 12.7. The maximum absolute atomic E-state index is 12.7. The van der Waals surface area contributed by atoms with E-state index in [1.165, 1.54) is 6.08 Å². The molecule has 1 unspecified atom stereocenters. The summed E-state index contributed by atoms with van der Waals surface area (Å²) in [5, 5.41) is 9.07. The first-order valence-corrected chi connectivity index (χ1v) is 10.8. The van der Waals surface area contributed by atoms with E-state index in [1.807, 2.05) is 30.3 Å². The number of aliphatic hydroxyl groups is 1. The van der Waals surface area contributed by atoms with Crippen LogP contribution in [0.25, 0.3) is 6.08 Å². The highest BCUT2D eigenvalue weighted by Gasteiger charge is 2.38. The molecule has 0 saturated carbocycles. The average molecular weight is 435 g/mol. The summed E-state index contributed by atoms with van der Waals surface area (Å²) in [4.78, 5) is 40.6. The number of thioether (sulfide) groups is 1. The molecule has 3 amide bonds. The normalized spacial score (nSPS) is 21.9. The molecule has 1 N–H and O–H groups in total. The van der Waals surface area contributed by atoms with E-state index in [-0.39, 0.29) is 30.0 Å². The lowest BCUT2D eigenvalue weighted by atomic mass is 9.99. The molecule has 0 aromatic heterocycles. The van der Waals surface area contributed by atoms with Crippen LogP contribution < -0.4 is 0 Å². The van der Waals surface area contributed by atoms with Crippen LogP contribution in [-0.4, -0.2) is 57.7 Å². The van der Waals surface area contributed by atoms with E-state index in [4.69, 9.17) is 11.6 Å². The Bertz CT molecular complexity index is 838. The lowest BCUT2D eigenvalue weighted by Gasteiger charge is -2.36. The number of carbonyl (C=O) groups is 3. The van der Waals surface area contributed by atoms with E-state index in [2.05, 4.69) is 0 Å². The van der Waals surface area contributed by atoms with Crippen molar-refractivity contribution < 1.29 is 19.5 Å². The van der Waals surface area contributed by atoms with Gasteiger partial charge >= 0.3 is 0 Å². The zero-order valence-electron chi connectivity index (χ0n) is 15.9. The van der Waals surface area contributed by atoms with Crippen molar-refractivity contribution in [2.24, 2.45) is 0 Å². The van der Waals surface area contributed by atoms with Crippen LogP contribution in [0.15, 0.2) is 46.3 Å². The van der Waals surface area contributed by atoms with Crippen LogP contribution in [0.1, 0.15) is 31.2 Å². The topological polar surface area (TPSA) is 77.9 Å². The molecule has 3 rings (SSSR count). The van der Waals surface area contributed by atoms with Crippen molar-refractivity contribution >= 4 is 46.5 Å². The fourth-order valence-corrected chi connectivity index (χ4v) is 4.64. The van der Waals surface area contributed by atoms with Gasteiger partial charge in [0, 0.05) is 24.2 Å². The molecule has 8 heteroatoms. The van der Waals surface area contributed by atoms with Crippen LogP contribution in [0.3, 0.4) is 0 Å². The Morgan fingerprint density at radius 1 is 1.24 bits per heavy atom. The van der Waals surface area contributed by atoms with E-state index in [1.54, 1.807) is 11.0 Å². The van der Waals surface area contributed by atoms with Crippen LogP contribution in [-0.2, 0) is 9.59 Å². The number of carbonyl (C=O) groups excluding carboxylic acids is 3. The third-order valence-corrected chi connectivity index (χ3v) is 6.08. The average Bonchev–Trinajstić information content (AvgIpc) is 2.96. The van der Waals surface area contributed by atoms with Gasteiger partial charge in [0.1, 0.15) is 6.54 Å². The number of nitrogens with zero attached hydrogens (tertiary/aromatic N) is 2. The highest BCUT2D eigenvalue weighted by atomic mass is 35.5. The molecule has 2 aliphatic heterocycles. The van der Waals surface area contributed by atoms with Gasteiger partial charge in [-0.25, -0.2) is 0 Å². The number of hydrogen-bond donors (Lipinski definition) is 1. The van der Waals surface area contributed by atoms with Gasteiger partial charge in [-0.1, -0.05) is 41.9 Å². The van der Waals surface area contributed by atoms with Gasteiger partial charge in [0.2, 0.25) is 5.91 Å². The minimum Gasteiger partial charge on any atom is -0.396 e. The van der Waals surface area contributed by atoms with Gasteiger partial charge in [0.15, 0.2) is 0 Å². The van der Waals surface area contributed by atoms with Crippen molar-refractivity contribution in [3.05, 3.63) is 51.9 Å². The molecule has 29 heavy (non-hydrogen) atoms. The van der Waals surface area contributed by atoms with E-state index in [0.29, 0.717) is 18.0 Å². The van der Waals surface area contributed by atoms with Gasteiger partial charge in [-0.3, -0.25) is 19.3 Å². The fourth-order valence-electron chi connectivity index (χ4n) is 3.52. The van der Waals surface area contributed by atoms with Crippen molar-refractivity contribution in [1.82, 2.24) is 9.80 Å². The first-order chi connectivity index (χ1) is 14.0. The van der Waals surface area contributed by atoms with Crippen molar-refractivity contribution in [2.45, 2.75) is 31.7 Å². The minimum absolute atomic E-state index is 0.00497. The fraction of sp³-hybridized carbons (Fsp3) is 0.381. The number of aliphatic hydroxyl groups excluding tert-OH is 1. The van der Waals surface area contributed by atoms with Crippen LogP contribution in [0.5, 0.6) is 0 Å². The number of rotatable bonds is 6. The summed E-state index contributed by atoms with van der Waals surface area (Å²) in [7, 11) is 0. The summed E-state index contributed by atoms with van der Waals surface area (Å²) in [5.41, 5.74) is 0.878. The van der Waals surface area contributed by atoms with Gasteiger partial charge in [0.25, 0.3) is 11.1 Å². The Morgan fingerprint density at radius 2 is 2.00 bits per heavy atom. The molecule has 0 radical (unpaired) electrons. The standard InChI is InChI=1S/C21H23ClN2O4S/c22-16(12-15-6-2-1-3-7-15)13-18-20(27)24(21(28)29-18)14-19(26)23-10-5-4-8-17(23)9-11-25/h1-3,6-7,12-13,17,25H,4-5,8-11,14H2/b16-12-,18-13-. The molecule has 1 aromatic rings. The predicted molar refractivity (Wildman–Crippen MR) is 114 cm³/mol. The van der Waals surface area contributed by atoms with Crippen molar-refractivity contribution in [3.8, 4) is 0 Å². The molecule has 6 nitrogen and oxygen atoms in total. The van der Waals surface area contributed by atoms with Gasteiger partial charge in [-0.05, 0) is 55.2 Å². The van der Waals surface area contributed by atoms with E-state index >= 15 is 0 Å². The quantitative estimate of drug-likeness (QED) is 0.692. The van der Waals surface area contributed by atoms with E-state index in [9.17, 15) is 19.5 Å². The summed E-state index contributed by atoms with van der Waals surface area (Å²) in [5.74, 6) is -0.777. The Balaban J connectivity index is 1.68. The van der Waals surface area contributed by atoms with E-state index < -0.39 is 11.1 Å². The number of piperidine rings is 1. The molecule has 2 heterocycles. The van der Waals surface area contributed by atoms with Crippen molar-refractivity contribution in [1.29, 1.82) is 0 Å². The number of likely N-dealkylation sites (tertiary alicyclic amines) is 1. The van der Waals surface area contributed by atoms with Gasteiger partial charge in [-0.15, -0.1) is 0 Å². The Hall–Kier alpha value is -2.09. The molecule has 2 aliphatic rings. The second kappa shape index (κ2) is 10.1. The highest BCUT2D eigenvalue weighted by Crippen LogP contribution is 2.32. The van der Waals surface area contributed by atoms with Crippen molar-refractivity contribution in [2.75, 3.05) is 19.7 Å². The van der Waals surface area contributed by atoms with Crippen LogP contribution in [0, 0.1) is 0 Å². The summed E-state index contributed by atoms with van der Waals surface area (Å²) >= 11 is 7.01. The first-order valence-electron chi connectivity index (χ1n) is 9.57. The second-order valence-corrected chi connectivity index (χ2v) is 8.39. The van der Waals surface area contributed by atoms with Crippen LogP contribution in [0.2, 0.25) is 0 Å². The largest absolute Gasteiger partial charge is 0.396 e. The molecule has 0 aliphatic carbocycles. The molecule has 1 aromatic carbocycles. The number of hydrogen-bond acceptors (Lipinski definition) is 5. The summed E-state index contributed by atoms with van der Waals surface area (Å²) in [6.45, 7) is 0.302. The minimum atomic E-state index is -0.510. The lowest BCUT2D eigenvalue weighted by Crippen LogP contribution is -2.49. The summed E-state index contributed by atoms with van der Waals surface area (Å²) < 4.78 is 0. The molecule has 2 fully saturated rings. The molecule has 1 atom stereocenters. The number of halogens is 1. The number of benzene rings is 1.